The molecule has 0 radical (unpaired) electrons. The number of hydrogen-bond donors (Lipinski definition) is 2. The van der Waals surface area contributed by atoms with Crippen LogP contribution in [-0.2, 0) is 0 Å². The molecule has 0 aliphatic heterocycles. The van der Waals surface area contributed by atoms with E-state index in [1.807, 2.05) is 6.92 Å². The molecule has 0 rings (SSSR count). The lowest BCUT2D eigenvalue weighted by Crippen LogP contribution is -2.27. The zero-order chi connectivity index (χ0) is 14.9. The van der Waals surface area contributed by atoms with Gasteiger partial charge in [-0.1, -0.05) is 90.9 Å². The fraction of sp³-hybridized carbons (Fsp3) is 1.00. The molecular weight excluding hydrogens is 246 g/mol. The van der Waals surface area contributed by atoms with E-state index < -0.39 is 0 Å². The van der Waals surface area contributed by atoms with Crippen LogP contribution in [0, 0.1) is 0 Å². The van der Waals surface area contributed by atoms with Crippen molar-refractivity contribution in [3.05, 3.63) is 0 Å². The summed E-state index contributed by atoms with van der Waals surface area (Å²) in [6.07, 6.45) is 18.6. The molecule has 0 saturated heterocycles. The van der Waals surface area contributed by atoms with Gasteiger partial charge in [-0.3, -0.25) is 5.32 Å². The summed E-state index contributed by atoms with van der Waals surface area (Å²) in [5.41, 5.74) is 0. The first-order valence-electron chi connectivity index (χ1n) is 9.22. The number of aliphatic hydroxyl groups is 1. The molecule has 0 heterocycles. The van der Waals surface area contributed by atoms with Gasteiger partial charge >= 0.3 is 0 Å². The van der Waals surface area contributed by atoms with Crippen LogP contribution < -0.4 is 5.32 Å². The number of nitrogens with one attached hydrogen (secondary N) is 1. The molecule has 2 heteroatoms. The van der Waals surface area contributed by atoms with Gasteiger partial charge in [-0.25, -0.2) is 0 Å². The topological polar surface area (TPSA) is 32.3 Å². The van der Waals surface area contributed by atoms with Crippen LogP contribution in [0.4, 0.5) is 0 Å². The fourth-order valence-corrected chi connectivity index (χ4v) is 2.69. The lowest BCUT2D eigenvalue weighted by molar-refractivity contribution is 0.126. The smallest absolute Gasteiger partial charge is 0.104 e. The average molecular weight is 286 g/mol. The molecule has 0 aromatic carbocycles. The first-order chi connectivity index (χ1) is 9.81. The van der Waals surface area contributed by atoms with Gasteiger partial charge in [0.2, 0.25) is 0 Å². The summed E-state index contributed by atoms with van der Waals surface area (Å²) in [6.45, 7) is 5.17. The summed E-state index contributed by atoms with van der Waals surface area (Å²) in [5.74, 6) is 0. The van der Waals surface area contributed by atoms with Crippen LogP contribution >= 0.6 is 0 Å². The molecule has 1 atom stereocenters. The summed E-state index contributed by atoms with van der Waals surface area (Å²) in [4.78, 5) is 0. The van der Waals surface area contributed by atoms with E-state index in [2.05, 4.69) is 12.2 Å². The van der Waals surface area contributed by atoms with Crippen molar-refractivity contribution in [2.24, 2.45) is 0 Å². The predicted octanol–water partition coefficient (Wildman–Crippen LogP) is 5.40. The average Bonchev–Trinajstić information content (AvgIpc) is 2.44. The van der Waals surface area contributed by atoms with Crippen LogP contribution in [0.5, 0.6) is 0 Å². The summed E-state index contributed by atoms with van der Waals surface area (Å²) in [5, 5.41) is 12.6. The van der Waals surface area contributed by atoms with Gasteiger partial charge in [-0.2, -0.15) is 0 Å². The molecule has 0 aromatic heterocycles. The van der Waals surface area contributed by atoms with Crippen molar-refractivity contribution in [1.82, 2.24) is 5.32 Å². The van der Waals surface area contributed by atoms with Gasteiger partial charge in [-0.15, -0.1) is 0 Å². The molecule has 0 fully saturated rings. The van der Waals surface area contributed by atoms with Crippen molar-refractivity contribution < 1.29 is 5.11 Å². The van der Waals surface area contributed by atoms with Crippen molar-refractivity contribution in [3.63, 3.8) is 0 Å². The van der Waals surface area contributed by atoms with E-state index >= 15 is 0 Å². The van der Waals surface area contributed by atoms with Crippen LogP contribution in [-0.4, -0.2) is 17.9 Å². The molecule has 122 valence electrons. The van der Waals surface area contributed by atoms with Gasteiger partial charge in [0.25, 0.3) is 0 Å². The minimum atomic E-state index is -0.285. The highest BCUT2D eigenvalue weighted by Gasteiger charge is 2.00. The molecular formula is C18H39NO. The minimum absolute atomic E-state index is 0.285. The second-order valence-electron chi connectivity index (χ2n) is 6.10. The van der Waals surface area contributed by atoms with Crippen molar-refractivity contribution in [3.8, 4) is 0 Å². The summed E-state index contributed by atoms with van der Waals surface area (Å²) >= 11 is 0. The first kappa shape index (κ1) is 19.9. The third kappa shape index (κ3) is 16.0. The molecule has 0 aliphatic rings. The maximum absolute atomic E-state index is 9.52. The molecule has 20 heavy (non-hydrogen) atoms. The second-order valence-corrected chi connectivity index (χ2v) is 6.10. The molecule has 2 N–H and O–H groups in total. The van der Waals surface area contributed by atoms with Crippen LogP contribution in [0.3, 0.4) is 0 Å². The van der Waals surface area contributed by atoms with Crippen LogP contribution in [0.25, 0.3) is 0 Å². The van der Waals surface area contributed by atoms with E-state index in [0.717, 1.165) is 19.4 Å². The van der Waals surface area contributed by atoms with Gasteiger partial charge < -0.3 is 5.11 Å². The summed E-state index contributed by atoms with van der Waals surface area (Å²) in [6, 6.07) is 0. The maximum Gasteiger partial charge on any atom is 0.104 e. The number of rotatable bonds is 16. The number of aliphatic hydroxyl groups excluding tert-OH is 1. The second kappa shape index (κ2) is 17.0. The Bertz CT molecular complexity index is 173. The Morgan fingerprint density at radius 3 is 1.45 bits per heavy atom. The molecule has 0 saturated carbocycles. The number of unbranched alkanes of at least 4 members (excludes halogenated alkanes) is 12. The van der Waals surface area contributed by atoms with Gasteiger partial charge in [0.15, 0.2) is 0 Å². The van der Waals surface area contributed by atoms with Crippen LogP contribution in [0.2, 0.25) is 0 Å². The number of hydrogen-bond acceptors (Lipinski definition) is 2. The van der Waals surface area contributed by atoms with Gasteiger partial charge in [0, 0.05) is 0 Å². The van der Waals surface area contributed by atoms with Gasteiger partial charge in [0.05, 0.1) is 0 Å². The third-order valence-corrected chi connectivity index (χ3v) is 4.02. The highest BCUT2D eigenvalue weighted by atomic mass is 16.3. The van der Waals surface area contributed by atoms with E-state index in [9.17, 15) is 5.11 Å². The standard InChI is InChI=1S/C18H39NO/c1-3-5-6-7-8-9-10-11-12-13-14-15-16-17-18(20)19-4-2/h18-20H,3-17H2,1-2H3. The molecule has 1 unspecified atom stereocenters. The monoisotopic (exact) mass is 285 g/mol. The Hall–Kier alpha value is -0.0800. The fourth-order valence-electron chi connectivity index (χ4n) is 2.69. The van der Waals surface area contributed by atoms with E-state index in [-0.39, 0.29) is 6.23 Å². The Kier molecular flexibility index (Phi) is 16.9. The van der Waals surface area contributed by atoms with E-state index in [0.29, 0.717) is 0 Å². The van der Waals surface area contributed by atoms with E-state index in [1.165, 1.54) is 77.0 Å². The predicted molar refractivity (Wildman–Crippen MR) is 90.0 cm³/mol. The molecule has 0 aromatic rings. The molecule has 0 spiro atoms. The Labute approximate surface area is 127 Å². The first-order valence-corrected chi connectivity index (χ1v) is 9.22. The van der Waals surface area contributed by atoms with E-state index in [4.69, 9.17) is 0 Å². The Balaban J connectivity index is 2.99. The van der Waals surface area contributed by atoms with Crippen molar-refractivity contribution in [2.75, 3.05) is 6.54 Å². The van der Waals surface area contributed by atoms with Crippen molar-refractivity contribution >= 4 is 0 Å². The normalized spacial score (nSPS) is 12.8. The SMILES string of the molecule is CCCCCCCCCCCCCCCC(O)NCC. The zero-order valence-corrected chi connectivity index (χ0v) is 14.1. The minimum Gasteiger partial charge on any atom is -0.379 e. The summed E-state index contributed by atoms with van der Waals surface area (Å²) in [7, 11) is 0. The summed E-state index contributed by atoms with van der Waals surface area (Å²) < 4.78 is 0. The van der Waals surface area contributed by atoms with Crippen molar-refractivity contribution in [2.45, 2.75) is 110 Å². The Morgan fingerprint density at radius 2 is 1.05 bits per heavy atom. The molecule has 0 bridgehead atoms. The zero-order valence-electron chi connectivity index (χ0n) is 14.1. The highest BCUT2D eigenvalue weighted by Crippen LogP contribution is 2.13. The van der Waals surface area contributed by atoms with Gasteiger partial charge in [-0.05, 0) is 19.4 Å². The molecule has 2 nitrogen and oxygen atoms in total. The third-order valence-electron chi connectivity index (χ3n) is 4.02. The van der Waals surface area contributed by atoms with Crippen LogP contribution in [0.15, 0.2) is 0 Å². The van der Waals surface area contributed by atoms with E-state index in [1.54, 1.807) is 0 Å². The largest absolute Gasteiger partial charge is 0.379 e. The lowest BCUT2D eigenvalue weighted by Gasteiger charge is -2.10. The quantitative estimate of drug-likeness (QED) is 0.294. The lowest BCUT2D eigenvalue weighted by atomic mass is 10.0. The molecule has 0 amide bonds. The maximum atomic E-state index is 9.52. The van der Waals surface area contributed by atoms with Crippen LogP contribution in [0.1, 0.15) is 104 Å². The Morgan fingerprint density at radius 1 is 0.650 bits per heavy atom. The van der Waals surface area contributed by atoms with Gasteiger partial charge in [0.1, 0.15) is 6.23 Å². The van der Waals surface area contributed by atoms with Crippen molar-refractivity contribution in [1.29, 1.82) is 0 Å². The highest BCUT2D eigenvalue weighted by molar-refractivity contribution is 4.53. The molecule has 0 aliphatic carbocycles.